The molecule has 1 heterocycles. The van der Waals surface area contributed by atoms with Crippen LogP contribution < -0.4 is 0 Å². The Bertz CT molecular complexity index is 800. The highest BCUT2D eigenvalue weighted by atomic mass is 32.1. The lowest BCUT2D eigenvalue weighted by molar-refractivity contribution is 0.0697. The second-order valence-electron chi connectivity index (χ2n) is 4.60. The zero-order chi connectivity index (χ0) is 14.3. The molecule has 0 atom stereocenters. The van der Waals surface area contributed by atoms with Crippen LogP contribution in [-0.4, -0.2) is 11.1 Å². The lowest BCUT2D eigenvalue weighted by Crippen LogP contribution is -1.95. The van der Waals surface area contributed by atoms with Crippen molar-refractivity contribution < 1.29 is 14.3 Å². The molecule has 1 N–H and O–H groups in total. The van der Waals surface area contributed by atoms with Crippen LogP contribution in [0.25, 0.3) is 21.2 Å². The number of carboxylic acids is 1. The van der Waals surface area contributed by atoms with Gasteiger partial charge in [0.25, 0.3) is 0 Å². The number of carbonyl (C=O) groups is 1. The third-order valence-electron chi connectivity index (χ3n) is 3.31. The van der Waals surface area contributed by atoms with Gasteiger partial charge in [0.05, 0.1) is 5.56 Å². The summed E-state index contributed by atoms with van der Waals surface area (Å²) in [4.78, 5) is 11.1. The Morgan fingerprint density at radius 1 is 1.25 bits per heavy atom. The van der Waals surface area contributed by atoms with E-state index in [1.54, 1.807) is 24.3 Å². The van der Waals surface area contributed by atoms with Gasteiger partial charge in [-0.15, -0.1) is 11.3 Å². The van der Waals surface area contributed by atoms with Crippen molar-refractivity contribution in [3.05, 3.63) is 58.7 Å². The van der Waals surface area contributed by atoms with Gasteiger partial charge < -0.3 is 5.11 Å². The average Bonchev–Trinajstić information content (AvgIpc) is 2.81. The fourth-order valence-corrected chi connectivity index (χ4v) is 3.26. The quantitative estimate of drug-likeness (QED) is 0.740. The van der Waals surface area contributed by atoms with Crippen LogP contribution in [0.3, 0.4) is 0 Å². The van der Waals surface area contributed by atoms with E-state index in [0.717, 1.165) is 21.2 Å². The van der Waals surface area contributed by atoms with E-state index in [4.69, 9.17) is 5.11 Å². The van der Waals surface area contributed by atoms with Crippen molar-refractivity contribution in [1.29, 1.82) is 0 Å². The van der Waals surface area contributed by atoms with Crippen molar-refractivity contribution in [3.8, 4) is 11.1 Å². The van der Waals surface area contributed by atoms with Gasteiger partial charge in [-0.05, 0) is 42.1 Å². The molecule has 0 radical (unpaired) electrons. The predicted octanol–water partition coefficient (Wildman–Crippen LogP) is 4.71. The van der Waals surface area contributed by atoms with E-state index >= 15 is 0 Å². The maximum atomic E-state index is 14.1. The third-order valence-corrected chi connectivity index (χ3v) is 4.28. The lowest BCUT2D eigenvalue weighted by atomic mass is 9.98. The molecule has 0 unspecified atom stereocenters. The molecule has 2 aromatic carbocycles. The van der Waals surface area contributed by atoms with Gasteiger partial charge in [0, 0.05) is 21.2 Å². The van der Waals surface area contributed by atoms with Crippen LogP contribution >= 0.6 is 11.3 Å². The van der Waals surface area contributed by atoms with Gasteiger partial charge in [0.1, 0.15) is 5.82 Å². The van der Waals surface area contributed by atoms with Crippen LogP contribution in [0, 0.1) is 12.7 Å². The minimum Gasteiger partial charge on any atom is -0.478 e. The first-order valence-corrected chi connectivity index (χ1v) is 6.96. The smallest absolute Gasteiger partial charge is 0.335 e. The second kappa shape index (κ2) is 4.72. The SMILES string of the molecule is Cc1cccc(F)c1-c1csc2ccc(C(=O)O)cc12. The minimum absolute atomic E-state index is 0.214. The van der Waals surface area contributed by atoms with E-state index in [1.165, 1.54) is 17.4 Å². The predicted molar refractivity (Wildman–Crippen MR) is 78.9 cm³/mol. The lowest BCUT2D eigenvalue weighted by Gasteiger charge is -2.06. The number of hydrogen-bond acceptors (Lipinski definition) is 2. The summed E-state index contributed by atoms with van der Waals surface area (Å²) >= 11 is 1.49. The Morgan fingerprint density at radius 2 is 2.05 bits per heavy atom. The van der Waals surface area contributed by atoms with Gasteiger partial charge >= 0.3 is 5.97 Å². The second-order valence-corrected chi connectivity index (χ2v) is 5.51. The molecule has 0 bridgehead atoms. The molecule has 20 heavy (non-hydrogen) atoms. The maximum Gasteiger partial charge on any atom is 0.335 e. The molecule has 4 heteroatoms. The first-order valence-electron chi connectivity index (χ1n) is 6.08. The van der Waals surface area contributed by atoms with E-state index in [-0.39, 0.29) is 11.4 Å². The van der Waals surface area contributed by atoms with Gasteiger partial charge in [0.15, 0.2) is 0 Å². The normalized spacial score (nSPS) is 10.9. The number of aromatic carboxylic acids is 1. The van der Waals surface area contributed by atoms with E-state index in [2.05, 4.69) is 0 Å². The van der Waals surface area contributed by atoms with Crippen molar-refractivity contribution in [3.63, 3.8) is 0 Å². The molecular formula is C16H11FO2S. The molecule has 0 aliphatic carbocycles. The summed E-state index contributed by atoms with van der Waals surface area (Å²) in [5, 5.41) is 11.7. The number of halogens is 1. The van der Waals surface area contributed by atoms with Gasteiger partial charge in [-0.1, -0.05) is 12.1 Å². The van der Waals surface area contributed by atoms with Crippen molar-refractivity contribution in [2.75, 3.05) is 0 Å². The summed E-state index contributed by atoms with van der Waals surface area (Å²) < 4.78 is 15.0. The summed E-state index contributed by atoms with van der Waals surface area (Å²) in [5.41, 5.74) is 2.35. The van der Waals surface area contributed by atoms with Crippen LogP contribution in [0.2, 0.25) is 0 Å². The van der Waals surface area contributed by atoms with Gasteiger partial charge in [0.2, 0.25) is 0 Å². The molecule has 0 amide bonds. The van der Waals surface area contributed by atoms with Gasteiger partial charge in [-0.2, -0.15) is 0 Å². The summed E-state index contributed by atoms with van der Waals surface area (Å²) in [6.07, 6.45) is 0. The molecule has 3 aromatic rings. The summed E-state index contributed by atoms with van der Waals surface area (Å²) in [6, 6.07) is 9.89. The first-order chi connectivity index (χ1) is 9.58. The van der Waals surface area contributed by atoms with Crippen LogP contribution in [0.4, 0.5) is 4.39 Å². The summed E-state index contributed by atoms with van der Waals surface area (Å²) in [7, 11) is 0. The molecule has 0 aliphatic heterocycles. The third kappa shape index (κ3) is 1.98. The zero-order valence-corrected chi connectivity index (χ0v) is 11.5. The highest BCUT2D eigenvalue weighted by molar-refractivity contribution is 7.17. The summed E-state index contributed by atoms with van der Waals surface area (Å²) in [5.74, 6) is -1.26. The zero-order valence-electron chi connectivity index (χ0n) is 10.7. The molecule has 0 spiro atoms. The number of benzene rings is 2. The van der Waals surface area contributed by atoms with Gasteiger partial charge in [-0.3, -0.25) is 0 Å². The Labute approximate surface area is 119 Å². The van der Waals surface area contributed by atoms with Crippen LogP contribution in [0.5, 0.6) is 0 Å². The fourth-order valence-electron chi connectivity index (χ4n) is 2.33. The Hall–Kier alpha value is -2.20. The van der Waals surface area contributed by atoms with Crippen LogP contribution in [0.1, 0.15) is 15.9 Å². The molecule has 0 saturated heterocycles. The Kier molecular flexibility index (Phi) is 3.03. The van der Waals surface area contributed by atoms with Crippen molar-refractivity contribution in [2.45, 2.75) is 6.92 Å². The van der Waals surface area contributed by atoms with Crippen molar-refractivity contribution in [1.82, 2.24) is 0 Å². The van der Waals surface area contributed by atoms with E-state index in [9.17, 15) is 9.18 Å². The number of hydrogen-bond donors (Lipinski definition) is 1. The molecule has 0 fully saturated rings. The Morgan fingerprint density at radius 3 is 2.75 bits per heavy atom. The number of fused-ring (bicyclic) bond motifs is 1. The first kappa shape index (κ1) is 12.8. The number of rotatable bonds is 2. The molecular weight excluding hydrogens is 275 g/mol. The molecule has 3 rings (SSSR count). The van der Waals surface area contributed by atoms with E-state index < -0.39 is 5.97 Å². The van der Waals surface area contributed by atoms with Crippen molar-refractivity contribution in [2.24, 2.45) is 0 Å². The highest BCUT2D eigenvalue weighted by Crippen LogP contribution is 2.37. The van der Waals surface area contributed by atoms with Gasteiger partial charge in [-0.25, -0.2) is 9.18 Å². The van der Waals surface area contributed by atoms with E-state index in [0.29, 0.717) is 5.56 Å². The average molecular weight is 286 g/mol. The van der Waals surface area contributed by atoms with E-state index in [1.807, 2.05) is 18.4 Å². The summed E-state index contributed by atoms with van der Waals surface area (Å²) in [6.45, 7) is 1.85. The molecule has 100 valence electrons. The maximum absolute atomic E-state index is 14.1. The van der Waals surface area contributed by atoms with Crippen LogP contribution in [0.15, 0.2) is 41.8 Å². The fraction of sp³-hybridized carbons (Fsp3) is 0.0625. The minimum atomic E-state index is -0.977. The molecule has 2 nitrogen and oxygen atoms in total. The number of aryl methyl sites for hydroxylation is 1. The topological polar surface area (TPSA) is 37.3 Å². The standard InChI is InChI=1S/C16H11FO2S/c1-9-3-2-4-13(17)15(9)12-8-20-14-6-5-10(16(18)19)7-11(12)14/h2-8H,1H3,(H,18,19). The number of carboxylic acid groups (broad SMARTS) is 1. The monoisotopic (exact) mass is 286 g/mol. The van der Waals surface area contributed by atoms with Crippen molar-refractivity contribution >= 4 is 27.4 Å². The number of thiophene rings is 1. The molecule has 0 saturated carbocycles. The highest BCUT2D eigenvalue weighted by Gasteiger charge is 2.14. The largest absolute Gasteiger partial charge is 0.478 e. The Balaban J connectivity index is 2.31. The molecule has 1 aromatic heterocycles. The van der Waals surface area contributed by atoms with Crippen LogP contribution in [-0.2, 0) is 0 Å². The molecule has 0 aliphatic rings.